The van der Waals surface area contributed by atoms with E-state index in [1.807, 2.05) is 6.92 Å². The van der Waals surface area contributed by atoms with E-state index in [2.05, 4.69) is 20.3 Å². The molecule has 0 saturated heterocycles. The van der Waals surface area contributed by atoms with E-state index in [4.69, 9.17) is 0 Å². The maximum absolute atomic E-state index is 14.2. The first kappa shape index (κ1) is 17.5. The third-order valence-corrected chi connectivity index (χ3v) is 5.24. The zero-order valence-electron chi connectivity index (χ0n) is 15.0. The Labute approximate surface area is 156 Å². The van der Waals surface area contributed by atoms with Gasteiger partial charge in [0, 0.05) is 41.7 Å². The van der Waals surface area contributed by atoms with E-state index in [-0.39, 0.29) is 17.0 Å². The second kappa shape index (κ2) is 7.02. The molecule has 1 aliphatic carbocycles. The summed E-state index contributed by atoms with van der Waals surface area (Å²) in [5, 5.41) is 3.20. The number of hydrogen-bond donors (Lipinski definition) is 1. The summed E-state index contributed by atoms with van der Waals surface area (Å²) in [6.07, 6.45) is 7.62. The SMILES string of the molecule is Cc1ccc(F)c(-c2cnc(NCC3(c4ncccc4F)CCC3)nc2)c1. The predicted molar refractivity (Wildman–Crippen MR) is 100 cm³/mol. The predicted octanol–water partition coefficient (Wildman–Crippen LogP) is 4.66. The van der Waals surface area contributed by atoms with Gasteiger partial charge in [-0.1, -0.05) is 18.1 Å². The van der Waals surface area contributed by atoms with Crippen LogP contribution in [0.15, 0.2) is 48.9 Å². The summed E-state index contributed by atoms with van der Waals surface area (Å²) in [7, 11) is 0. The molecule has 3 aromatic rings. The summed E-state index contributed by atoms with van der Waals surface area (Å²) >= 11 is 0. The first-order valence-corrected chi connectivity index (χ1v) is 9.01. The van der Waals surface area contributed by atoms with Gasteiger partial charge in [0.25, 0.3) is 0 Å². The first-order valence-electron chi connectivity index (χ1n) is 9.01. The summed E-state index contributed by atoms with van der Waals surface area (Å²) in [6, 6.07) is 7.99. The molecule has 0 bridgehead atoms. The van der Waals surface area contributed by atoms with Crippen LogP contribution >= 0.6 is 0 Å². The van der Waals surface area contributed by atoms with Gasteiger partial charge in [0.1, 0.15) is 11.6 Å². The molecule has 0 amide bonds. The maximum Gasteiger partial charge on any atom is 0.222 e. The fourth-order valence-corrected chi connectivity index (χ4v) is 3.54. The van der Waals surface area contributed by atoms with Crippen LogP contribution in [0.1, 0.15) is 30.5 Å². The maximum atomic E-state index is 14.2. The van der Waals surface area contributed by atoms with Crippen LogP contribution in [0, 0.1) is 18.6 Å². The van der Waals surface area contributed by atoms with Crippen molar-refractivity contribution in [1.82, 2.24) is 15.0 Å². The molecule has 1 aromatic carbocycles. The number of nitrogens with zero attached hydrogens (tertiary/aromatic N) is 3. The lowest BCUT2D eigenvalue weighted by atomic mass is 9.66. The van der Waals surface area contributed by atoms with Crippen LogP contribution in [0.25, 0.3) is 11.1 Å². The molecule has 0 unspecified atom stereocenters. The van der Waals surface area contributed by atoms with E-state index in [0.29, 0.717) is 29.3 Å². The lowest BCUT2D eigenvalue weighted by Gasteiger charge is -2.41. The summed E-state index contributed by atoms with van der Waals surface area (Å²) in [4.78, 5) is 12.9. The van der Waals surface area contributed by atoms with E-state index < -0.39 is 0 Å². The number of anilines is 1. The number of aryl methyl sites for hydroxylation is 1. The minimum absolute atomic E-state index is 0.273. The highest BCUT2D eigenvalue weighted by Crippen LogP contribution is 2.43. The summed E-state index contributed by atoms with van der Waals surface area (Å²) in [5.74, 6) is -0.136. The molecule has 6 heteroatoms. The van der Waals surface area contributed by atoms with Gasteiger partial charge in [-0.2, -0.15) is 0 Å². The highest BCUT2D eigenvalue weighted by molar-refractivity contribution is 5.63. The molecular formula is C21H20F2N4. The molecule has 0 atom stereocenters. The molecule has 4 rings (SSSR count). The Balaban J connectivity index is 1.51. The van der Waals surface area contributed by atoms with Gasteiger partial charge < -0.3 is 5.32 Å². The van der Waals surface area contributed by atoms with Crippen molar-refractivity contribution in [2.75, 3.05) is 11.9 Å². The van der Waals surface area contributed by atoms with Crippen molar-refractivity contribution in [3.05, 3.63) is 71.8 Å². The lowest BCUT2D eigenvalue weighted by Crippen LogP contribution is -2.42. The number of hydrogen-bond acceptors (Lipinski definition) is 4. The second-order valence-electron chi connectivity index (χ2n) is 7.10. The van der Waals surface area contributed by atoms with E-state index >= 15 is 0 Å². The van der Waals surface area contributed by atoms with Crippen LogP contribution in [0.2, 0.25) is 0 Å². The molecule has 1 saturated carbocycles. The Morgan fingerprint density at radius 2 is 1.81 bits per heavy atom. The molecule has 1 N–H and O–H groups in total. The number of nitrogens with one attached hydrogen (secondary N) is 1. The summed E-state index contributed by atoms with van der Waals surface area (Å²) in [5.41, 5.74) is 2.25. The molecule has 138 valence electrons. The number of rotatable bonds is 5. The Morgan fingerprint density at radius 1 is 1.04 bits per heavy atom. The molecule has 1 aliphatic rings. The van der Waals surface area contributed by atoms with Crippen molar-refractivity contribution in [3.8, 4) is 11.1 Å². The van der Waals surface area contributed by atoms with Crippen LogP contribution in [-0.2, 0) is 5.41 Å². The fraction of sp³-hybridized carbons (Fsp3) is 0.286. The average molecular weight is 366 g/mol. The zero-order chi connectivity index (χ0) is 18.9. The third kappa shape index (κ3) is 3.39. The van der Waals surface area contributed by atoms with Gasteiger partial charge in [-0.25, -0.2) is 18.7 Å². The highest BCUT2D eigenvalue weighted by atomic mass is 19.1. The molecule has 0 radical (unpaired) electrons. The van der Waals surface area contributed by atoms with Crippen molar-refractivity contribution in [1.29, 1.82) is 0 Å². The first-order chi connectivity index (χ1) is 13.1. The van der Waals surface area contributed by atoms with Gasteiger partial charge in [0.2, 0.25) is 5.95 Å². The van der Waals surface area contributed by atoms with Gasteiger partial charge in [-0.15, -0.1) is 0 Å². The molecule has 0 aliphatic heterocycles. The van der Waals surface area contributed by atoms with E-state index in [9.17, 15) is 8.78 Å². The quantitative estimate of drug-likeness (QED) is 0.714. The Hall–Kier alpha value is -2.89. The smallest absolute Gasteiger partial charge is 0.222 e. The van der Waals surface area contributed by atoms with Gasteiger partial charge in [0.05, 0.1) is 5.69 Å². The number of aromatic nitrogens is 3. The Kier molecular flexibility index (Phi) is 4.56. The van der Waals surface area contributed by atoms with Crippen LogP contribution in [0.5, 0.6) is 0 Å². The molecular weight excluding hydrogens is 346 g/mol. The van der Waals surface area contributed by atoms with Crippen molar-refractivity contribution >= 4 is 5.95 Å². The normalized spacial score (nSPS) is 15.2. The highest BCUT2D eigenvalue weighted by Gasteiger charge is 2.41. The largest absolute Gasteiger partial charge is 0.353 e. The third-order valence-electron chi connectivity index (χ3n) is 5.24. The van der Waals surface area contributed by atoms with Gasteiger partial charge in [0.15, 0.2) is 0 Å². The lowest BCUT2D eigenvalue weighted by molar-refractivity contribution is 0.243. The van der Waals surface area contributed by atoms with E-state index in [1.165, 1.54) is 12.1 Å². The van der Waals surface area contributed by atoms with E-state index in [1.54, 1.807) is 36.8 Å². The Bertz CT molecular complexity index is 953. The van der Waals surface area contributed by atoms with Crippen molar-refractivity contribution < 1.29 is 8.78 Å². The number of benzene rings is 1. The average Bonchev–Trinajstić information content (AvgIpc) is 2.65. The topological polar surface area (TPSA) is 50.7 Å². The zero-order valence-corrected chi connectivity index (χ0v) is 15.0. The van der Waals surface area contributed by atoms with Crippen LogP contribution in [-0.4, -0.2) is 21.5 Å². The molecule has 27 heavy (non-hydrogen) atoms. The Morgan fingerprint density at radius 3 is 2.48 bits per heavy atom. The van der Waals surface area contributed by atoms with E-state index in [0.717, 1.165) is 24.8 Å². The number of halogens is 2. The molecule has 2 heterocycles. The monoisotopic (exact) mass is 366 g/mol. The second-order valence-corrected chi connectivity index (χ2v) is 7.10. The van der Waals surface area contributed by atoms with Crippen molar-refractivity contribution in [2.45, 2.75) is 31.6 Å². The van der Waals surface area contributed by atoms with Gasteiger partial charge >= 0.3 is 0 Å². The fourth-order valence-electron chi connectivity index (χ4n) is 3.54. The van der Waals surface area contributed by atoms with Gasteiger partial charge in [-0.05, 0) is 44.0 Å². The van der Waals surface area contributed by atoms with Crippen LogP contribution in [0.4, 0.5) is 14.7 Å². The molecule has 0 spiro atoms. The summed E-state index contributed by atoms with van der Waals surface area (Å²) in [6.45, 7) is 2.42. The minimum Gasteiger partial charge on any atom is -0.353 e. The van der Waals surface area contributed by atoms with Crippen LogP contribution < -0.4 is 5.32 Å². The molecule has 4 nitrogen and oxygen atoms in total. The van der Waals surface area contributed by atoms with Crippen LogP contribution in [0.3, 0.4) is 0 Å². The van der Waals surface area contributed by atoms with Gasteiger partial charge in [-0.3, -0.25) is 4.98 Å². The number of pyridine rings is 1. The standard InChI is InChI=1S/C21H20F2N4/c1-14-5-6-17(22)16(10-14)15-11-25-20(26-12-15)27-13-21(7-3-8-21)19-18(23)4-2-9-24-19/h2,4-6,9-12H,3,7-8,13H2,1H3,(H,25,26,27). The van der Waals surface area contributed by atoms with Crippen molar-refractivity contribution in [2.24, 2.45) is 0 Å². The molecule has 2 aromatic heterocycles. The molecule has 1 fully saturated rings. The minimum atomic E-state index is -0.323. The van der Waals surface area contributed by atoms with Crippen molar-refractivity contribution in [3.63, 3.8) is 0 Å². The summed E-state index contributed by atoms with van der Waals surface area (Å²) < 4.78 is 28.2.